The molecule has 3 aromatic rings. The molecular weight excluding hydrogens is 506 g/mol. The molecule has 2 unspecified atom stereocenters. The molecule has 1 saturated heterocycles. The number of benzene rings is 1. The number of nitrogens with zero attached hydrogens (tertiary/aromatic N) is 4. The monoisotopic (exact) mass is 541 g/mol. The molecule has 1 fully saturated rings. The lowest BCUT2D eigenvalue weighted by Gasteiger charge is -2.46. The Morgan fingerprint density at radius 3 is 2.68 bits per heavy atom. The van der Waals surface area contributed by atoms with Crippen LogP contribution in [-0.4, -0.2) is 61.6 Å². The molecule has 0 amide bonds. The lowest BCUT2D eigenvalue weighted by Crippen LogP contribution is -2.61. The van der Waals surface area contributed by atoms with Gasteiger partial charge in [0, 0.05) is 54.2 Å². The molecule has 8 nitrogen and oxygen atoms in total. The second-order valence-electron chi connectivity index (χ2n) is 11.0. The molecule has 1 aromatic carbocycles. The SMILES string of the molecule is COC(=O)CCSc1cnc(N2CCC3(Cc4ccccc4C3)C(N[S+]([O-])C(C)(C)C)C2)n2ccnc12. The van der Waals surface area contributed by atoms with E-state index in [4.69, 9.17) is 9.72 Å². The van der Waals surface area contributed by atoms with Crippen LogP contribution in [0.4, 0.5) is 5.95 Å². The number of hydrogen-bond donors (Lipinski definition) is 1. The normalized spacial score (nSPS) is 19.8. The second kappa shape index (κ2) is 10.5. The van der Waals surface area contributed by atoms with Crippen molar-refractivity contribution in [1.82, 2.24) is 19.1 Å². The van der Waals surface area contributed by atoms with Gasteiger partial charge in [0.05, 0.1) is 24.5 Å². The van der Waals surface area contributed by atoms with Crippen molar-refractivity contribution in [3.05, 3.63) is 54.0 Å². The summed E-state index contributed by atoms with van der Waals surface area (Å²) in [5.74, 6) is 1.22. The Morgan fingerprint density at radius 1 is 1.27 bits per heavy atom. The molecule has 1 aliphatic carbocycles. The summed E-state index contributed by atoms with van der Waals surface area (Å²) in [4.78, 5) is 24.2. The van der Waals surface area contributed by atoms with Crippen molar-refractivity contribution in [3.63, 3.8) is 0 Å². The summed E-state index contributed by atoms with van der Waals surface area (Å²) >= 11 is 0.373. The summed E-state index contributed by atoms with van der Waals surface area (Å²) in [6.07, 6.45) is 8.89. The fourth-order valence-corrected chi connectivity index (χ4v) is 7.23. The molecule has 0 radical (unpaired) electrons. The largest absolute Gasteiger partial charge is 0.598 e. The fraction of sp³-hybridized carbons (Fsp3) is 0.519. The van der Waals surface area contributed by atoms with Crippen molar-refractivity contribution in [2.24, 2.45) is 5.41 Å². The van der Waals surface area contributed by atoms with Gasteiger partial charge in [0.25, 0.3) is 0 Å². The van der Waals surface area contributed by atoms with E-state index in [0.717, 1.165) is 42.3 Å². The van der Waals surface area contributed by atoms with Gasteiger partial charge in [0.15, 0.2) is 5.65 Å². The average Bonchev–Trinajstić information content (AvgIpc) is 3.50. The van der Waals surface area contributed by atoms with E-state index in [1.54, 1.807) is 18.0 Å². The summed E-state index contributed by atoms with van der Waals surface area (Å²) in [7, 11) is 1.41. The number of thioether (sulfide) groups is 1. The summed E-state index contributed by atoms with van der Waals surface area (Å²) < 4.78 is 23.3. The van der Waals surface area contributed by atoms with Crippen LogP contribution in [0.25, 0.3) is 5.65 Å². The Bertz CT molecular complexity index is 1250. The highest BCUT2D eigenvalue weighted by Gasteiger charge is 2.50. The lowest BCUT2D eigenvalue weighted by molar-refractivity contribution is -0.140. The van der Waals surface area contributed by atoms with Crippen molar-refractivity contribution in [2.75, 3.05) is 30.9 Å². The highest BCUT2D eigenvalue weighted by atomic mass is 32.2. The molecular formula is C27H35N5O3S2. The van der Waals surface area contributed by atoms with Crippen molar-refractivity contribution in [2.45, 2.75) is 62.1 Å². The molecule has 3 heterocycles. The number of ether oxygens (including phenoxy) is 1. The van der Waals surface area contributed by atoms with Crippen LogP contribution in [-0.2, 0) is 33.7 Å². The lowest BCUT2D eigenvalue weighted by atomic mass is 9.72. The van der Waals surface area contributed by atoms with E-state index < -0.39 is 11.4 Å². The molecule has 2 aliphatic rings. The van der Waals surface area contributed by atoms with E-state index in [-0.39, 0.29) is 22.2 Å². The van der Waals surface area contributed by atoms with Crippen LogP contribution >= 0.6 is 11.8 Å². The second-order valence-corrected chi connectivity index (χ2v) is 14.1. The highest BCUT2D eigenvalue weighted by Crippen LogP contribution is 2.46. The molecule has 2 atom stereocenters. The zero-order valence-corrected chi connectivity index (χ0v) is 23.5. The Labute approximate surface area is 225 Å². The molecule has 2 aromatic heterocycles. The first-order valence-electron chi connectivity index (χ1n) is 12.7. The van der Waals surface area contributed by atoms with Crippen LogP contribution in [0, 0.1) is 5.41 Å². The van der Waals surface area contributed by atoms with Gasteiger partial charge in [-0.3, -0.25) is 9.20 Å². The minimum absolute atomic E-state index is 0.0266. The number of rotatable bonds is 7. The number of carbonyl (C=O) groups is 1. The van der Waals surface area contributed by atoms with E-state index in [9.17, 15) is 9.35 Å². The summed E-state index contributed by atoms with van der Waals surface area (Å²) in [5.41, 5.74) is 3.68. The van der Waals surface area contributed by atoms with Gasteiger partial charge >= 0.3 is 5.97 Å². The Morgan fingerprint density at radius 2 is 2.00 bits per heavy atom. The van der Waals surface area contributed by atoms with Crippen molar-refractivity contribution < 1.29 is 14.1 Å². The van der Waals surface area contributed by atoms with Crippen LogP contribution in [0.3, 0.4) is 0 Å². The maximum atomic E-state index is 13.3. The van der Waals surface area contributed by atoms with Gasteiger partial charge < -0.3 is 14.2 Å². The Hall–Kier alpha value is -2.27. The first-order chi connectivity index (χ1) is 17.7. The predicted octanol–water partition coefficient (Wildman–Crippen LogP) is 3.80. The highest BCUT2D eigenvalue weighted by molar-refractivity contribution is 7.99. The smallest absolute Gasteiger partial charge is 0.306 e. The standard InChI is InChI=1S/C27H35N5O3S2/c1-26(2,3)37(34)30-22-18-31(12-10-27(22)15-19-7-5-6-8-20(19)16-27)25-29-17-21(24-28-11-13-32(24)25)36-14-9-23(33)35-4/h5-8,11,13,17,22,30H,9-10,12,14-16,18H2,1-4H3. The number of esters is 1. The molecule has 1 aliphatic heterocycles. The third kappa shape index (κ3) is 5.34. The Kier molecular flexibility index (Phi) is 7.46. The average molecular weight is 542 g/mol. The van der Waals surface area contributed by atoms with Gasteiger partial charge in [-0.25, -0.2) is 9.97 Å². The third-order valence-electron chi connectivity index (χ3n) is 7.48. The van der Waals surface area contributed by atoms with Crippen LogP contribution in [0.2, 0.25) is 0 Å². The molecule has 1 N–H and O–H groups in total. The van der Waals surface area contributed by atoms with E-state index in [0.29, 0.717) is 18.7 Å². The molecule has 5 rings (SSSR count). The Balaban J connectivity index is 1.40. The fourth-order valence-electron chi connectivity index (χ4n) is 5.40. The first-order valence-corrected chi connectivity index (χ1v) is 14.9. The maximum Gasteiger partial charge on any atom is 0.306 e. The molecule has 0 saturated carbocycles. The molecule has 0 bridgehead atoms. The number of imidazole rings is 1. The number of piperidine rings is 1. The molecule has 198 valence electrons. The van der Waals surface area contributed by atoms with E-state index in [2.05, 4.69) is 38.9 Å². The topological polar surface area (TPSA) is 94.8 Å². The van der Waals surface area contributed by atoms with Gasteiger partial charge in [-0.05, 0) is 51.2 Å². The van der Waals surface area contributed by atoms with Gasteiger partial charge in [-0.1, -0.05) is 24.3 Å². The summed E-state index contributed by atoms with van der Waals surface area (Å²) in [5, 5.41) is 0. The van der Waals surface area contributed by atoms with Crippen molar-refractivity contribution in [1.29, 1.82) is 0 Å². The number of nitrogens with one attached hydrogen (secondary N) is 1. The molecule has 1 spiro atoms. The third-order valence-corrected chi connectivity index (χ3v) is 10.1. The minimum atomic E-state index is -1.18. The van der Waals surface area contributed by atoms with Gasteiger partial charge in [0.1, 0.15) is 4.75 Å². The maximum absolute atomic E-state index is 13.3. The van der Waals surface area contributed by atoms with Crippen LogP contribution in [0.5, 0.6) is 0 Å². The quantitative estimate of drug-likeness (QED) is 0.274. The first kappa shape index (κ1) is 26.3. The zero-order chi connectivity index (χ0) is 26.2. The van der Waals surface area contributed by atoms with Crippen LogP contribution in [0.15, 0.2) is 47.8 Å². The minimum Gasteiger partial charge on any atom is -0.598 e. The van der Waals surface area contributed by atoms with E-state index in [1.807, 2.05) is 37.6 Å². The number of carbonyl (C=O) groups excluding carboxylic acids is 1. The number of fused-ring (bicyclic) bond motifs is 2. The number of anilines is 1. The predicted molar refractivity (Wildman–Crippen MR) is 148 cm³/mol. The van der Waals surface area contributed by atoms with E-state index in [1.165, 1.54) is 18.2 Å². The van der Waals surface area contributed by atoms with Gasteiger partial charge in [-0.15, -0.1) is 16.5 Å². The summed E-state index contributed by atoms with van der Waals surface area (Å²) in [6.45, 7) is 7.62. The summed E-state index contributed by atoms with van der Waals surface area (Å²) in [6, 6.07) is 8.76. The van der Waals surface area contributed by atoms with Gasteiger partial charge in [-0.2, -0.15) is 0 Å². The van der Waals surface area contributed by atoms with Crippen LogP contribution in [0.1, 0.15) is 44.7 Å². The van der Waals surface area contributed by atoms with Gasteiger partial charge in [0.2, 0.25) is 5.95 Å². The molecule has 10 heteroatoms. The van der Waals surface area contributed by atoms with Crippen molar-refractivity contribution in [3.8, 4) is 0 Å². The number of aromatic nitrogens is 3. The number of hydrogen-bond acceptors (Lipinski definition) is 8. The number of methoxy groups -OCH3 is 1. The van der Waals surface area contributed by atoms with E-state index >= 15 is 0 Å². The molecule has 37 heavy (non-hydrogen) atoms. The van der Waals surface area contributed by atoms with Crippen LogP contribution < -0.4 is 9.62 Å². The zero-order valence-electron chi connectivity index (χ0n) is 21.9. The van der Waals surface area contributed by atoms with Crippen molar-refractivity contribution >= 4 is 40.7 Å².